The minimum absolute atomic E-state index is 0.136. The molecule has 72 valence electrons. The first-order valence-corrected chi connectivity index (χ1v) is 4.65. The maximum atomic E-state index is 10.3. The van der Waals surface area contributed by atoms with Crippen LogP contribution in [0.5, 0.6) is 0 Å². The van der Waals surface area contributed by atoms with Gasteiger partial charge in [-0.15, -0.1) is 0 Å². The first kappa shape index (κ1) is 11.4. The number of amides is 1. The number of nitrogens with one attached hydrogen (secondary N) is 1. The van der Waals surface area contributed by atoms with Gasteiger partial charge in [0, 0.05) is 6.92 Å². The summed E-state index contributed by atoms with van der Waals surface area (Å²) in [6.45, 7) is 4.26. The van der Waals surface area contributed by atoms with Gasteiger partial charge in [-0.1, -0.05) is 32.6 Å². The Morgan fingerprint density at radius 2 is 1.92 bits per heavy atom. The van der Waals surface area contributed by atoms with Crippen LogP contribution in [0, 0.1) is 0 Å². The SMILES string of the molecule is CCCCCCCONC(C)=O. The third-order valence-corrected chi connectivity index (χ3v) is 1.57. The van der Waals surface area contributed by atoms with Crippen LogP contribution in [0.1, 0.15) is 46.0 Å². The third-order valence-electron chi connectivity index (χ3n) is 1.57. The second kappa shape index (κ2) is 8.53. The van der Waals surface area contributed by atoms with Crippen molar-refractivity contribution in [1.82, 2.24) is 5.48 Å². The fourth-order valence-electron chi connectivity index (χ4n) is 0.930. The maximum Gasteiger partial charge on any atom is 0.240 e. The summed E-state index contributed by atoms with van der Waals surface area (Å²) >= 11 is 0. The molecule has 0 saturated carbocycles. The average molecular weight is 173 g/mol. The highest BCUT2D eigenvalue weighted by atomic mass is 16.6. The van der Waals surface area contributed by atoms with E-state index in [-0.39, 0.29) is 5.91 Å². The highest BCUT2D eigenvalue weighted by Crippen LogP contribution is 2.01. The van der Waals surface area contributed by atoms with Crippen LogP contribution in [0.2, 0.25) is 0 Å². The van der Waals surface area contributed by atoms with E-state index < -0.39 is 0 Å². The number of hydrogen-bond donors (Lipinski definition) is 1. The van der Waals surface area contributed by atoms with Gasteiger partial charge in [0.15, 0.2) is 0 Å². The molecule has 3 nitrogen and oxygen atoms in total. The molecule has 0 rings (SSSR count). The van der Waals surface area contributed by atoms with Crippen molar-refractivity contribution >= 4 is 5.91 Å². The molecule has 0 spiro atoms. The molecule has 0 atom stereocenters. The Kier molecular flexibility index (Phi) is 8.12. The summed E-state index contributed by atoms with van der Waals surface area (Å²) in [6.07, 6.45) is 6.03. The number of hydrogen-bond acceptors (Lipinski definition) is 2. The lowest BCUT2D eigenvalue weighted by Crippen LogP contribution is -2.20. The lowest BCUT2D eigenvalue weighted by atomic mass is 10.2. The van der Waals surface area contributed by atoms with E-state index in [9.17, 15) is 4.79 Å². The van der Waals surface area contributed by atoms with Crippen LogP contribution in [0.15, 0.2) is 0 Å². The van der Waals surface area contributed by atoms with Crippen LogP contribution in [-0.4, -0.2) is 12.5 Å². The fraction of sp³-hybridized carbons (Fsp3) is 0.889. The molecule has 0 fully saturated rings. The van der Waals surface area contributed by atoms with Crippen LogP contribution in [0.3, 0.4) is 0 Å². The van der Waals surface area contributed by atoms with Gasteiger partial charge < -0.3 is 0 Å². The molecular formula is C9H19NO2. The van der Waals surface area contributed by atoms with Crippen molar-refractivity contribution in [2.24, 2.45) is 0 Å². The molecule has 0 aromatic carbocycles. The lowest BCUT2D eigenvalue weighted by Gasteiger charge is -2.02. The Morgan fingerprint density at radius 1 is 1.25 bits per heavy atom. The topological polar surface area (TPSA) is 38.3 Å². The Hall–Kier alpha value is -0.570. The van der Waals surface area contributed by atoms with Crippen LogP contribution >= 0.6 is 0 Å². The Morgan fingerprint density at radius 3 is 2.50 bits per heavy atom. The van der Waals surface area contributed by atoms with Crippen molar-refractivity contribution in [2.45, 2.75) is 46.0 Å². The van der Waals surface area contributed by atoms with E-state index in [1.54, 1.807) is 0 Å². The van der Waals surface area contributed by atoms with E-state index in [4.69, 9.17) is 4.84 Å². The van der Waals surface area contributed by atoms with Gasteiger partial charge in [-0.05, 0) is 6.42 Å². The van der Waals surface area contributed by atoms with Gasteiger partial charge in [-0.3, -0.25) is 9.63 Å². The van der Waals surface area contributed by atoms with Gasteiger partial charge in [-0.25, -0.2) is 5.48 Å². The molecule has 0 saturated heterocycles. The number of carbonyl (C=O) groups excluding carboxylic acids is 1. The minimum Gasteiger partial charge on any atom is -0.274 e. The molecule has 0 aliphatic rings. The van der Waals surface area contributed by atoms with E-state index in [0.717, 1.165) is 6.42 Å². The zero-order valence-electron chi connectivity index (χ0n) is 8.06. The van der Waals surface area contributed by atoms with Gasteiger partial charge in [-0.2, -0.15) is 0 Å². The summed E-state index contributed by atoms with van der Waals surface area (Å²) in [5.74, 6) is -0.136. The van der Waals surface area contributed by atoms with Crippen LogP contribution < -0.4 is 5.48 Å². The largest absolute Gasteiger partial charge is 0.274 e. The van der Waals surface area contributed by atoms with Crippen molar-refractivity contribution in [1.29, 1.82) is 0 Å². The zero-order valence-corrected chi connectivity index (χ0v) is 8.06. The molecule has 12 heavy (non-hydrogen) atoms. The summed E-state index contributed by atoms with van der Waals surface area (Å²) in [7, 11) is 0. The van der Waals surface area contributed by atoms with E-state index >= 15 is 0 Å². The van der Waals surface area contributed by atoms with Gasteiger partial charge in [0.05, 0.1) is 6.61 Å². The molecule has 0 aromatic rings. The highest BCUT2D eigenvalue weighted by Gasteiger charge is 1.91. The van der Waals surface area contributed by atoms with Crippen molar-refractivity contribution < 1.29 is 9.63 Å². The third kappa shape index (κ3) is 9.43. The van der Waals surface area contributed by atoms with E-state index in [1.807, 2.05) is 0 Å². The predicted octanol–water partition coefficient (Wildman–Crippen LogP) is 2.02. The predicted molar refractivity (Wildman–Crippen MR) is 48.5 cm³/mol. The average Bonchev–Trinajstić information content (AvgIpc) is 2.02. The summed E-state index contributed by atoms with van der Waals surface area (Å²) in [6, 6.07) is 0. The van der Waals surface area contributed by atoms with Crippen molar-refractivity contribution in [3.05, 3.63) is 0 Å². The number of unbranched alkanes of at least 4 members (excludes halogenated alkanes) is 4. The first-order chi connectivity index (χ1) is 5.77. The van der Waals surface area contributed by atoms with Crippen LogP contribution in [0.4, 0.5) is 0 Å². The Balaban J connectivity index is 2.86. The Bertz CT molecular complexity index is 115. The minimum atomic E-state index is -0.136. The van der Waals surface area contributed by atoms with Crippen molar-refractivity contribution in [3.63, 3.8) is 0 Å². The quantitative estimate of drug-likeness (QED) is 0.472. The molecule has 1 N–H and O–H groups in total. The second-order valence-corrected chi connectivity index (χ2v) is 2.92. The highest BCUT2D eigenvalue weighted by molar-refractivity contribution is 5.71. The molecule has 0 aromatic heterocycles. The summed E-state index contributed by atoms with van der Waals surface area (Å²) in [5, 5.41) is 0. The second-order valence-electron chi connectivity index (χ2n) is 2.92. The normalized spacial score (nSPS) is 9.83. The molecule has 3 heteroatoms. The van der Waals surface area contributed by atoms with E-state index in [0.29, 0.717) is 6.61 Å². The van der Waals surface area contributed by atoms with Gasteiger partial charge >= 0.3 is 0 Å². The molecule has 0 radical (unpaired) electrons. The monoisotopic (exact) mass is 173 g/mol. The molecule has 0 aliphatic heterocycles. The molecule has 0 bridgehead atoms. The van der Waals surface area contributed by atoms with Gasteiger partial charge in [0.1, 0.15) is 0 Å². The lowest BCUT2D eigenvalue weighted by molar-refractivity contribution is -0.131. The Labute approximate surface area is 74.4 Å². The van der Waals surface area contributed by atoms with Gasteiger partial charge in [0.25, 0.3) is 0 Å². The standard InChI is InChI=1S/C9H19NO2/c1-3-4-5-6-7-8-12-10-9(2)11/h3-8H2,1-2H3,(H,10,11). The van der Waals surface area contributed by atoms with Crippen molar-refractivity contribution in [2.75, 3.05) is 6.61 Å². The summed E-state index contributed by atoms with van der Waals surface area (Å²) in [4.78, 5) is 15.2. The summed E-state index contributed by atoms with van der Waals surface area (Å²) in [5.41, 5.74) is 2.30. The molecule has 1 amide bonds. The van der Waals surface area contributed by atoms with Crippen LogP contribution in [-0.2, 0) is 9.63 Å². The smallest absolute Gasteiger partial charge is 0.240 e. The van der Waals surface area contributed by atoms with E-state index in [1.165, 1.54) is 32.6 Å². The van der Waals surface area contributed by atoms with Gasteiger partial charge in [0.2, 0.25) is 5.91 Å². The molecule has 0 aliphatic carbocycles. The fourth-order valence-corrected chi connectivity index (χ4v) is 0.930. The maximum absolute atomic E-state index is 10.3. The number of rotatable bonds is 7. The summed E-state index contributed by atoms with van der Waals surface area (Å²) < 4.78 is 0. The number of carbonyl (C=O) groups is 1. The number of hydroxylamine groups is 1. The van der Waals surface area contributed by atoms with Crippen molar-refractivity contribution in [3.8, 4) is 0 Å². The molecular weight excluding hydrogens is 154 g/mol. The van der Waals surface area contributed by atoms with Crippen LogP contribution in [0.25, 0.3) is 0 Å². The molecule has 0 heterocycles. The van der Waals surface area contributed by atoms with E-state index in [2.05, 4.69) is 12.4 Å². The zero-order chi connectivity index (χ0) is 9.23. The molecule has 0 unspecified atom stereocenters. The first-order valence-electron chi connectivity index (χ1n) is 4.65.